The van der Waals surface area contributed by atoms with Crippen LogP contribution in [0.1, 0.15) is 42.2 Å². The summed E-state index contributed by atoms with van der Waals surface area (Å²) in [5.41, 5.74) is 0.165. The van der Waals surface area contributed by atoms with Gasteiger partial charge in [0.1, 0.15) is 0 Å². The Hall–Kier alpha value is -5.17. The van der Waals surface area contributed by atoms with Gasteiger partial charge in [0.2, 0.25) is 0 Å². The molecule has 10 nitrogen and oxygen atoms in total. The summed E-state index contributed by atoms with van der Waals surface area (Å²) in [7, 11) is 1.15. The first-order chi connectivity index (χ1) is 25.3. The minimum atomic E-state index is -1.04. The van der Waals surface area contributed by atoms with Gasteiger partial charge in [-0.1, -0.05) is 69.6 Å². The van der Waals surface area contributed by atoms with Crippen LogP contribution in [0.2, 0.25) is 30.1 Å². The zero-order valence-electron chi connectivity index (χ0n) is 26.6. The van der Waals surface area contributed by atoms with Crippen LogP contribution in [0.3, 0.4) is 0 Å². The van der Waals surface area contributed by atoms with Crippen LogP contribution in [-0.4, -0.2) is 35.0 Å². The van der Waals surface area contributed by atoms with Gasteiger partial charge in [0.15, 0.2) is 17.2 Å². The Balaban J connectivity index is 1.59. The molecule has 0 bridgehead atoms. The predicted molar refractivity (Wildman–Crippen MR) is 203 cm³/mol. The van der Waals surface area contributed by atoms with Gasteiger partial charge in [0, 0.05) is 54.8 Å². The van der Waals surface area contributed by atoms with Gasteiger partial charge >= 0.3 is 17.9 Å². The van der Waals surface area contributed by atoms with Crippen LogP contribution >= 0.6 is 69.6 Å². The number of halogens is 6. The van der Waals surface area contributed by atoms with Crippen molar-refractivity contribution >= 4 is 137 Å². The summed E-state index contributed by atoms with van der Waals surface area (Å²) in [6.45, 7) is 9.88. The molecule has 2 heterocycles. The molecule has 0 aliphatic carbocycles. The van der Waals surface area contributed by atoms with Crippen molar-refractivity contribution in [2.75, 3.05) is 7.11 Å². The summed E-state index contributed by atoms with van der Waals surface area (Å²) in [6.07, 6.45) is 2.65. The highest BCUT2D eigenvalue weighted by atomic mass is 35.5. The lowest BCUT2D eigenvalue weighted by Crippen LogP contribution is -2.14. The topological polar surface area (TPSA) is 133 Å². The number of carbonyl (C=O) groups excluding carboxylic acids is 3. The van der Waals surface area contributed by atoms with Crippen molar-refractivity contribution in [3.63, 3.8) is 0 Å². The van der Waals surface area contributed by atoms with E-state index in [1.165, 1.54) is 48.8 Å². The van der Waals surface area contributed by atoms with Crippen molar-refractivity contribution in [2.45, 2.75) is 6.92 Å². The van der Waals surface area contributed by atoms with Crippen LogP contribution < -0.4 is 9.47 Å². The number of nitrogens with zero attached hydrogens (tertiary/aromatic N) is 4. The van der Waals surface area contributed by atoms with E-state index < -0.39 is 17.9 Å². The molecule has 0 fully saturated rings. The third kappa shape index (κ3) is 5.85. The lowest BCUT2D eigenvalue weighted by atomic mass is 9.86. The minimum absolute atomic E-state index is 0.0176. The normalized spacial score (nSPS) is 11.2. The van der Waals surface area contributed by atoms with E-state index in [4.69, 9.17) is 90.4 Å². The molecule has 0 aliphatic heterocycles. The average Bonchev–Trinajstić information content (AvgIpc) is 3.12. The molecule has 5 aromatic carbocycles. The highest BCUT2D eigenvalue weighted by Gasteiger charge is 2.31. The van der Waals surface area contributed by atoms with E-state index >= 15 is 0 Å². The van der Waals surface area contributed by atoms with E-state index in [1.54, 1.807) is 6.92 Å². The monoisotopic (exact) mass is 820 g/mol. The van der Waals surface area contributed by atoms with Gasteiger partial charge in [-0.15, -0.1) is 0 Å². The number of aromatic nitrogens is 2. The van der Waals surface area contributed by atoms with Gasteiger partial charge in [0.05, 0.1) is 73.1 Å². The summed E-state index contributed by atoms with van der Waals surface area (Å²) in [4.78, 5) is 54.2. The number of carbonyl (C=O) groups is 3. The molecule has 7 aromatic rings. The van der Waals surface area contributed by atoms with E-state index in [2.05, 4.69) is 20.9 Å². The Morgan fingerprint density at radius 2 is 1.15 bits per heavy atom. The van der Waals surface area contributed by atoms with E-state index in [1.807, 2.05) is 0 Å². The number of pyridine rings is 2. The molecule has 53 heavy (non-hydrogen) atoms. The van der Waals surface area contributed by atoms with Crippen molar-refractivity contribution < 1.29 is 28.6 Å². The molecule has 0 saturated carbocycles. The van der Waals surface area contributed by atoms with Gasteiger partial charge in [0.25, 0.3) is 0 Å². The van der Waals surface area contributed by atoms with E-state index in [0.29, 0.717) is 10.9 Å². The Labute approximate surface area is 328 Å². The summed E-state index contributed by atoms with van der Waals surface area (Å²) in [5, 5.41) is 11.8. The first-order valence-corrected chi connectivity index (χ1v) is 17.1. The molecule has 0 amide bonds. The van der Waals surface area contributed by atoms with Crippen molar-refractivity contribution in [1.82, 2.24) is 9.97 Å². The second kappa shape index (κ2) is 13.7. The number of hydrogen-bond donors (Lipinski definition) is 0. The quantitative estimate of drug-likeness (QED) is 0.0547. The van der Waals surface area contributed by atoms with Gasteiger partial charge in [-0.25, -0.2) is 19.2 Å². The molecular formula is C37H14Cl6N4O6. The number of ether oxygens (including phenoxy) is 3. The molecule has 0 saturated heterocycles. The lowest BCUT2D eigenvalue weighted by molar-refractivity contribution is 0.0602. The molecule has 0 atom stereocenters. The Kier molecular flexibility index (Phi) is 9.34. The van der Waals surface area contributed by atoms with Crippen LogP contribution in [-0.2, 0) is 4.74 Å². The number of methoxy groups -OCH3 is 1. The van der Waals surface area contributed by atoms with Crippen molar-refractivity contribution in [2.24, 2.45) is 0 Å². The predicted octanol–water partition coefficient (Wildman–Crippen LogP) is 11.4. The number of fused-ring (bicyclic) bond motifs is 2. The highest BCUT2D eigenvalue weighted by molar-refractivity contribution is 6.42. The second-order valence-corrected chi connectivity index (χ2v) is 13.9. The van der Waals surface area contributed by atoms with Crippen LogP contribution in [0.4, 0.5) is 5.69 Å². The number of nitriles is 1. The summed E-state index contributed by atoms with van der Waals surface area (Å²) >= 11 is 37.3. The molecule has 0 radical (unpaired) electrons. The number of aryl methyl sites for hydroxylation is 1. The fourth-order valence-corrected chi connectivity index (χ4v) is 8.03. The molecule has 16 heteroatoms. The van der Waals surface area contributed by atoms with Crippen molar-refractivity contribution in [3.05, 3.63) is 118 Å². The Bertz CT molecular complexity index is 2860. The van der Waals surface area contributed by atoms with Gasteiger partial charge < -0.3 is 14.2 Å². The maximum atomic E-state index is 14.0. The molecule has 2 aromatic heterocycles. The summed E-state index contributed by atoms with van der Waals surface area (Å²) in [6, 6.07) is 10.0. The maximum Gasteiger partial charge on any atom is 0.344 e. The van der Waals surface area contributed by atoms with E-state index in [9.17, 15) is 19.6 Å². The fraction of sp³-hybridized carbons (Fsp3) is 0.0541. The first-order valence-electron chi connectivity index (χ1n) is 14.9. The standard InChI is InChI=1S/C37H14Cl6N4O6/c1-13-11-46-32-28-24(45-2)9-18(37(50)53-34-22(42)7-16(39)8-23(34)43)27-19(35(48)51-3)12-47-31(30(27)28)26-14(10-44)4-17(25(13)29(26)32)36(49)52-33-20(40)5-15(38)6-21(33)41/h4-9,11-12H,1,3H3. The molecular weight excluding hydrogens is 809 g/mol. The summed E-state index contributed by atoms with van der Waals surface area (Å²) in [5.74, 6) is -3.19. The van der Waals surface area contributed by atoms with E-state index in [0.717, 1.165) is 7.11 Å². The molecule has 0 spiro atoms. The SMILES string of the molecule is [C-]#[N+]c1cc(C(=O)Oc2c(Cl)cc(Cl)cc2Cl)c2c(C(=O)OC)cnc3c4c(C#N)cc(C(=O)Oc5c(Cl)cc(Cl)cc5Cl)c5c(C)cnc(c1c23)c54. The third-order valence-corrected chi connectivity index (χ3v) is 9.92. The van der Waals surface area contributed by atoms with Crippen LogP contribution in [0.15, 0.2) is 48.8 Å². The van der Waals surface area contributed by atoms with Crippen LogP contribution in [0.25, 0.3) is 48.2 Å². The van der Waals surface area contributed by atoms with Gasteiger partial charge in [-0.05, 0) is 48.9 Å². The summed E-state index contributed by atoms with van der Waals surface area (Å²) < 4.78 is 16.4. The Morgan fingerprint density at radius 1 is 0.660 bits per heavy atom. The Morgan fingerprint density at radius 3 is 1.66 bits per heavy atom. The molecule has 0 unspecified atom stereocenters. The fourth-order valence-electron chi connectivity index (χ4n) is 6.24. The largest absolute Gasteiger partial charge is 0.465 e. The van der Waals surface area contributed by atoms with Gasteiger partial charge in [-0.3, -0.25) is 9.97 Å². The first kappa shape index (κ1) is 36.2. The number of rotatable bonds is 5. The highest BCUT2D eigenvalue weighted by Crippen LogP contribution is 2.48. The zero-order chi connectivity index (χ0) is 38.0. The smallest absolute Gasteiger partial charge is 0.344 e. The minimum Gasteiger partial charge on any atom is -0.465 e. The molecule has 0 N–H and O–H groups in total. The molecule has 7 rings (SSSR count). The second-order valence-electron chi connectivity index (χ2n) is 11.4. The molecule has 0 aliphatic rings. The number of esters is 3. The molecule has 260 valence electrons. The lowest BCUT2D eigenvalue weighted by Gasteiger charge is -2.20. The van der Waals surface area contributed by atoms with Crippen molar-refractivity contribution in [3.8, 4) is 17.6 Å². The van der Waals surface area contributed by atoms with E-state index in [-0.39, 0.29) is 108 Å². The van der Waals surface area contributed by atoms with Crippen molar-refractivity contribution in [1.29, 1.82) is 5.26 Å². The maximum absolute atomic E-state index is 14.0. The van der Waals surface area contributed by atoms with Crippen LogP contribution in [0, 0.1) is 24.8 Å². The number of hydrogen-bond acceptors (Lipinski definition) is 9. The van der Waals surface area contributed by atoms with Gasteiger partial charge in [-0.2, -0.15) is 5.26 Å². The van der Waals surface area contributed by atoms with Crippen LogP contribution in [0.5, 0.6) is 11.5 Å². The average molecular weight is 823 g/mol. The third-order valence-electron chi connectivity index (χ3n) is 8.36. The zero-order valence-corrected chi connectivity index (χ0v) is 31.2. The number of benzene rings is 5.